The molecule has 0 amide bonds. The average molecular weight is 660 g/mol. The van der Waals surface area contributed by atoms with Gasteiger partial charge in [-0.25, -0.2) is 0 Å². The zero-order valence-corrected chi connectivity index (χ0v) is 28.1. The number of rotatable bonds is 5. The van der Waals surface area contributed by atoms with Gasteiger partial charge < -0.3 is 4.90 Å². The van der Waals surface area contributed by atoms with Crippen molar-refractivity contribution in [3.8, 4) is 22.3 Å². The summed E-state index contributed by atoms with van der Waals surface area (Å²) in [7, 11) is 0. The van der Waals surface area contributed by atoms with Crippen LogP contribution in [0.25, 0.3) is 73.4 Å². The molecule has 2 heterocycles. The molecular formula is C46H29NS2. The highest BCUT2D eigenvalue weighted by Crippen LogP contribution is 2.42. The van der Waals surface area contributed by atoms with E-state index in [0.29, 0.717) is 0 Å². The van der Waals surface area contributed by atoms with Gasteiger partial charge in [0.15, 0.2) is 0 Å². The second-order valence-electron chi connectivity index (χ2n) is 12.5. The van der Waals surface area contributed by atoms with Crippen molar-refractivity contribution in [3.05, 3.63) is 176 Å². The predicted octanol–water partition coefficient (Wildman–Crippen LogP) is 14.4. The van der Waals surface area contributed by atoms with Gasteiger partial charge in [0.2, 0.25) is 0 Å². The lowest BCUT2D eigenvalue weighted by Crippen LogP contribution is -2.09. The minimum atomic E-state index is 1.13. The van der Waals surface area contributed by atoms with Gasteiger partial charge in [-0.3, -0.25) is 0 Å². The molecule has 0 N–H and O–H groups in total. The molecule has 10 aromatic rings. The molecule has 0 saturated carbocycles. The van der Waals surface area contributed by atoms with Crippen molar-refractivity contribution in [2.75, 3.05) is 4.90 Å². The molecule has 230 valence electrons. The van der Waals surface area contributed by atoms with E-state index in [4.69, 9.17) is 0 Å². The van der Waals surface area contributed by atoms with Crippen LogP contribution in [-0.4, -0.2) is 0 Å². The first-order valence-corrected chi connectivity index (χ1v) is 18.2. The Balaban J connectivity index is 1.01. The van der Waals surface area contributed by atoms with Crippen molar-refractivity contribution in [2.24, 2.45) is 0 Å². The van der Waals surface area contributed by atoms with E-state index in [-0.39, 0.29) is 0 Å². The van der Waals surface area contributed by atoms with Crippen LogP contribution in [-0.2, 0) is 0 Å². The topological polar surface area (TPSA) is 3.24 Å². The summed E-state index contributed by atoms with van der Waals surface area (Å²) in [5.74, 6) is 0. The molecule has 0 bridgehead atoms. The summed E-state index contributed by atoms with van der Waals surface area (Å²) in [6.45, 7) is 0. The van der Waals surface area contributed by atoms with Crippen molar-refractivity contribution in [1.29, 1.82) is 0 Å². The van der Waals surface area contributed by atoms with Gasteiger partial charge in [0.25, 0.3) is 0 Å². The molecule has 0 aliphatic rings. The largest absolute Gasteiger partial charge is 0.311 e. The Morgan fingerprint density at radius 2 is 0.857 bits per heavy atom. The summed E-state index contributed by atoms with van der Waals surface area (Å²) in [5, 5.41) is 7.94. The standard InChI is InChI=1S/C46H29NS2/c1-2-9-34(10-3-1)47(36-25-19-31(20-26-36)37-13-8-14-41-39-11-4-6-15-43(39)48-45(37)41)35-23-17-30(18-24-35)32-21-27-38-33(29-32)22-28-42-40-12-5-7-16-44(40)49-46(38)42/h1-29H. The fourth-order valence-electron chi connectivity index (χ4n) is 7.28. The molecule has 3 heteroatoms. The quantitative estimate of drug-likeness (QED) is 0.178. The molecule has 10 rings (SSSR count). The van der Waals surface area contributed by atoms with Crippen molar-refractivity contribution in [1.82, 2.24) is 0 Å². The summed E-state index contributed by atoms with van der Waals surface area (Å²) in [4.78, 5) is 2.34. The van der Waals surface area contributed by atoms with Gasteiger partial charge in [-0.2, -0.15) is 0 Å². The van der Waals surface area contributed by atoms with Crippen LogP contribution < -0.4 is 4.90 Å². The first kappa shape index (κ1) is 28.3. The summed E-state index contributed by atoms with van der Waals surface area (Å²) in [5.41, 5.74) is 8.34. The number of para-hydroxylation sites is 1. The van der Waals surface area contributed by atoms with Crippen LogP contribution in [0.3, 0.4) is 0 Å². The van der Waals surface area contributed by atoms with Crippen LogP contribution in [0.4, 0.5) is 17.1 Å². The van der Waals surface area contributed by atoms with Crippen molar-refractivity contribution < 1.29 is 0 Å². The smallest absolute Gasteiger partial charge is 0.0462 e. The minimum absolute atomic E-state index is 1.13. The fourth-order valence-corrected chi connectivity index (χ4v) is 9.76. The van der Waals surface area contributed by atoms with Crippen LogP contribution >= 0.6 is 22.7 Å². The monoisotopic (exact) mass is 659 g/mol. The Bertz CT molecular complexity index is 2810. The van der Waals surface area contributed by atoms with E-state index in [1.54, 1.807) is 0 Å². The lowest BCUT2D eigenvalue weighted by molar-refractivity contribution is 1.28. The second kappa shape index (κ2) is 11.5. The highest BCUT2D eigenvalue weighted by molar-refractivity contribution is 7.27. The van der Waals surface area contributed by atoms with Gasteiger partial charge in [0.05, 0.1) is 0 Å². The van der Waals surface area contributed by atoms with Crippen LogP contribution in [0.2, 0.25) is 0 Å². The third-order valence-corrected chi connectivity index (χ3v) is 12.1. The zero-order chi connectivity index (χ0) is 32.3. The molecular weight excluding hydrogens is 631 g/mol. The van der Waals surface area contributed by atoms with Gasteiger partial charge >= 0.3 is 0 Å². The molecule has 49 heavy (non-hydrogen) atoms. The molecule has 0 radical (unpaired) electrons. The van der Waals surface area contributed by atoms with Gasteiger partial charge in [-0.1, -0.05) is 121 Å². The van der Waals surface area contributed by atoms with E-state index in [2.05, 4.69) is 181 Å². The maximum absolute atomic E-state index is 2.34. The van der Waals surface area contributed by atoms with Crippen molar-refractivity contribution in [2.45, 2.75) is 0 Å². The van der Waals surface area contributed by atoms with Gasteiger partial charge in [-0.05, 0) is 87.6 Å². The van der Waals surface area contributed by atoms with E-state index >= 15 is 0 Å². The molecule has 0 fully saturated rings. The van der Waals surface area contributed by atoms with Crippen LogP contribution in [0.5, 0.6) is 0 Å². The lowest BCUT2D eigenvalue weighted by Gasteiger charge is -2.26. The number of hydrogen-bond donors (Lipinski definition) is 0. The summed E-state index contributed by atoms with van der Waals surface area (Å²) >= 11 is 3.77. The molecule has 0 spiro atoms. The SMILES string of the molecule is c1ccc(N(c2ccc(-c3ccc4c(ccc5c6ccccc6sc45)c3)cc2)c2ccc(-c3cccc4c3sc3ccccc34)cc2)cc1. The number of anilines is 3. The number of benzene rings is 8. The Morgan fingerprint density at radius 3 is 1.57 bits per heavy atom. The average Bonchev–Trinajstić information content (AvgIpc) is 3.75. The third-order valence-electron chi connectivity index (χ3n) is 9.67. The van der Waals surface area contributed by atoms with E-state index in [1.165, 1.54) is 73.4 Å². The van der Waals surface area contributed by atoms with E-state index in [1.807, 2.05) is 22.7 Å². The molecule has 1 nitrogen and oxygen atoms in total. The molecule has 0 atom stereocenters. The lowest BCUT2D eigenvalue weighted by atomic mass is 9.99. The summed E-state index contributed by atoms with van der Waals surface area (Å²) in [6, 6.07) is 64.2. The third kappa shape index (κ3) is 4.74. The van der Waals surface area contributed by atoms with Gasteiger partial charge in [0.1, 0.15) is 0 Å². The Kier molecular flexibility index (Phi) is 6.61. The Labute approximate surface area is 292 Å². The predicted molar refractivity (Wildman–Crippen MR) is 215 cm³/mol. The van der Waals surface area contributed by atoms with Crippen LogP contribution in [0.15, 0.2) is 176 Å². The molecule has 0 aliphatic heterocycles. The number of hydrogen-bond acceptors (Lipinski definition) is 3. The molecule has 8 aromatic carbocycles. The van der Waals surface area contributed by atoms with Gasteiger partial charge in [-0.15, -0.1) is 22.7 Å². The van der Waals surface area contributed by atoms with Gasteiger partial charge in [0, 0.05) is 57.4 Å². The fraction of sp³-hybridized carbons (Fsp3) is 0. The number of thiophene rings is 2. The maximum Gasteiger partial charge on any atom is 0.0462 e. The second-order valence-corrected chi connectivity index (χ2v) is 14.6. The summed E-state index contributed by atoms with van der Waals surface area (Å²) in [6.07, 6.45) is 0. The normalized spacial score (nSPS) is 11.7. The number of fused-ring (bicyclic) bond motifs is 8. The minimum Gasteiger partial charge on any atom is -0.311 e. The summed E-state index contributed by atoms with van der Waals surface area (Å²) < 4.78 is 5.38. The van der Waals surface area contributed by atoms with E-state index in [9.17, 15) is 0 Å². The Hall–Kier alpha value is -5.74. The van der Waals surface area contributed by atoms with E-state index in [0.717, 1.165) is 17.1 Å². The highest BCUT2D eigenvalue weighted by atomic mass is 32.1. The molecule has 2 aromatic heterocycles. The maximum atomic E-state index is 2.34. The van der Waals surface area contributed by atoms with Crippen LogP contribution in [0.1, 0.15) is 0 Å². The molecule has 0 unspecified atom stereocenters. The van der Waals surface area contributed by atoms with Crippen LogP contribution in [0, 0.1) is 0 Å². The highest BCUT2D eigenvalue weighted by Gasteiger charge is 2.15. The van der Waals surface area contributed by atoms with Crippen molar-refractivity contribution >= 4 is 90.9 Å². The first-order chi connectivity index (χ1) is 24.3. The Morgan fingerprint density at radius 1 is 0.327 bits per heavy atom. The van der Waals surface area contributed by atoms with Crippen molar-refractivity contribution in [3.63, 3.8) is 0 Å². The first-order valence-electron chi connectivity index (χ1n) is 16.6. The zero-order valence-electron chi connectivity index (χ0n) is 26.5. The molecule has 0 saturated heterocycles. The van der Waals surface area contributed by atoms with E-state index < -0.39 is 0 Å². The molecule has 0 aliphatic carbocycles. The number of nitrogens with zero attached hydrogens (tertiary/aromatic N) is 1.